The summed E-state index contributed by atoms with van der Waals surface area (Å²) >= 11 is 0. The van der Waals surface area contributed by atoms with Gasteiger partial charge in [0.05, 0.1) is 6.61 Å². The van der Waals surface area contributed by atoms with Gasteiger partial charge in [0.1, 0.15) is 6.61 Å². The highest BCUT2D eigenvalue weighted by Crippen LogP contribution is 1.94. The van der Waals surface area contributed by atoms with Crippen molar-refractivity contribution in [3.63, 3.8) is 0 Å². The smallest absolute Gasteiger partial charge is 0.342 e. The van der Waals surface area contributed by atoms with E-state index in [2.05, 4.69) is 14.6 Å². The van der Waals surface area contributed by atoms with E-state index in [4.69, 9.17) is 5.11 Å². The molecular formula is C6H11NO7. The van der Waals surface area contributed by atoms with Gasteiger partial charge in [0, 0.05) is 6.42 Å². The summed E-state index contributed by atoms with van der Waals surface area (Å²) in [6.07, 6.45) is -1.03. The number of nitrogens with zero attached hydrogens (tertiary/aromatic N) is 1. The Kier molecular flexibility index (Phi) is 6.33. The van der Waals surface area contributed by atoms with Crippen molar-refractivity contribution in [2.24, 2.45) is 0 Å². The van der Waals surface area contributed by atoms with Gasteiger partial charge in [-0.15, -0.1) is 10.1 Å². The van der Waals surface area contributed by atoms with Crippen LogP contribution in [-0.2, 0) is 19.4 Å². The normalized spacial score (nSPS) is 11.9. The van der Waals surface area contributed by atoms with Crippen LogP contribution in [0, 0.1) is 10.1 Å². The van der Waals surface area contributed by atoms with Crippen LogP contribution in [0.2, 0.25) is 0 Å². The zero-order chi connectivity index (χ0) is 11.0. The Labute approximate surface area is 79.4 Å². The predicted molar refractivity (Wildman–Crippen MR) is 41.3 cm³/mol. The molecule has 14 heavy (non-hydrogen) atoms. The lowest BCUT2D eigenvalue weighted by Crippen LogP contribution is -2.27. The summed E-state index contributed by atoms with van der Waals surface area (Å²) in [7, 11) is 0. The zero-order valence-electron chi connectivity index (χ0n) is 7.54. The van der Waals surface area contributed by atoms with Gasteiger partial charge in [-0.1, -0.05) is 6.92 Å². The first kappa shape index (κ1) is 12.6. The van der Waals surface area contributed by atoms with Crippen molar-refractivity contribution in [2.75, 3.05) is 13.2 Å². The molecule has 0 saturated carbocycles. The van der Waals surface area contributed by atoms with E-state index in [-0.39, 0.29) is 6.42 Å². The van der Waals surface area contributed by atoms with E-state index in [1.54, 1.807) is 6.92 Å². The van der Waals surface area contributed by atoms with Gasteiger partial charge in [-0.3, -0.25) is 4.89 Å². The van der Waals surface area contributed by atoms with Crippen molar-refractivity contribution in [2.45, 2.75) is 19.4 Å². The first-order chi connectivity index (χ1) is 6.60. The Balaban J connectivity index is 3.62. The van der Waals surface area contributed by atoms with Crippen molar-refractivity contribution in [1.82, 2.24) is 0 Å². The van der Waals surface area contributed by atoms with Crippen molar-refractivity contribution in [3.8, 4) is 0 Å². The maximum atomic E-state index is 10.5. The lowest BCUT2D eigenvalue weighted by molar-refractivity contribution is -0.770. The van der Waals surface area contributed by atoms with Crippen LogP contribution in [0.15, 0.2) is 0 Å². The van der Waals surface area contributed by atoms with Gasteiger partial charge in [-0.2, -0.15) is 4.89 Å². The summed E-state index contributed by atoms with van der Waals surface area (Å²) in [5.74, 6) is -0.609. The third kappa shape index (κ3) is 6.14. The van der Waals surface area contributed by atoms with Crippen molar-refractivity contribution >= 4 is 5.97 Å². The monoisotopic (exact) mass is 209 g/mol. The Morgan fingerprint density at radius 2 is 2.29 bits per heavy atom. The number of hydrogen-bond acceptors (Lipinski definition) is 7. The van der Waals surface area contributed by atoms with Crippen LogP contribution in [0.4, 0.5) is 0 Å². The second-order valence-electron chi connectivity index (χ2n) is 2.23. The first-order valence-corrected chi connectivity index (χ1v) is 3.84. The van der Waals surface area contributed by atoms with Crippen LogP contribution in [0.5, 0.6) is 0 Å². The van der Waals surface area contributed by atoms with Crippen LogP contribution in [0.25, 0.3) is 0 Å². The summed E-state index contributed by atoms with van der Waals surface area (Å²) in [5, 5.41) is 17.3. The molecule has 0 rings (SSSR count). The Bertz CT molecular complexity index is 195. The summed E-state index contributed by atoms with van der Waals surface area (Å²) in [4.78, 5) is 32.8. The fraction of sp³-hybridized carbons (Fsp3) is 0.833. The molecule has 1 atom stereocenters. The number of hydrogen-bond donors (Lipinski definition) is 1. The molecule has 8 heteroatoms. The molecule has 0 saturated heterocycles. The topological polar surface area (TPSA) is 108 Å². The quantitative estimate of drug-likeness (QED) is 0.340. The van der Waals surface area contributed by atoms with E-state index in [1.807, 2.05) is 0 Å². The number of rotatable bonds is 7. The van der Waals surface area contributed by atoms with E-state index in [0.29, 0.717) is 0 Å². The summed E-state index contributed by atoms with van der Waals surface area (Å²) in [5.41, 5.74) is 0. The van der Waals surface area contributed by atoms with E-state index in [1.165, 1.54) is 0 Å². The van der Waals surface area contributed by atoms with Crippen LogP contribution >= 0.6 is 0 Å². The Morgan fingerprint density at radius 1 is 1.64 bits per heavy atom. The molecule has 0 aliphatic rings. The second kappa shape index (κ2) is 7.04. The third-order valence-corrected chi connectivity index (χ3v) is 1.13. The van der Waals surface area contributed by atoms with Crippen molar-refractivity contribution in [1.29, 1.82) is 0 Å². The third-order valence-electron chi connectivity index (χ3n) is 1.13. The minimum absolute atomic E-state index is 0.125. The summed E-state index contributed by atoms with van der Waals surface area (Å²) in [6, 6.07) is 0. The molecule has 0 aromatic rings. The Morgan fingerprint density at radius 3 is 2.71 bits per heavy atom. The van der Waals surface area contributed by atoms with Crippen molar-refractivity contribution < 1.29 is 29.6 Å². The molecule has 0 unspecified atom stereocenters. The van der Waals surface area contributed by atoms with E-state index in [9.17, 15) is 14.9 Å². The SMILES string of the molecule is CCC(=O)OOC[C@@H](CO)O[N+](=O)[O-]. The average Bonchev–Trinajstić information content (AvgIpc) is 2.15. The highest BCUT2D eigenvalue weighted by atomic mass is 17.2. The predicted octanol–water partition coefficient (Wildman–Crippen LogP) is -0.560. The second-order valence-corrected chi connectivity index (χ2v) is 2.23. The molecule has 0 bridgehead atoms. The molecule has 0 heterocycles. The average molecular weight is 209 g/mol. The number of carbonyl (C=O) groups is 1. The Hall–Kier alpha value is -1.41. The highest BCUT2D eigenvalue weighted by molar-refractivity contribution is 5.68. The molecule has 0 aliphatic heterocycles. The van der Waals surface area contributed by atoms with Gasteiger partial charge in [0.2, 0.25) is 0 Å². The molecule has 0 aromatic heterocycles. The maximum absolute atomic E-state index is 10.5. The van der Waals surface area contributed by atoms with E-state index >= 15 is 0 Å². The summed E-state index contributed by atoms with van der Waals surface area (Å²) in [6.45, 7) is 0.552. The van der Waals surface area contributed by atoms with Gasteiger partial charge in [-0.05, 0) is 0 Å². The van der Waals surface area contributed by atoms with Gasteiger partial charge < -0.3 is 9.94 Å². The fourth-order valence-corrected chi connectivity index (χ4v) is 0.473. The molecule has 0 aliphatic carbocycles. The largest absolute Gasteiger partial charge is 0.394 e. The summed E-state index contributed by atoms with van der Waals surface area (Å²) < 4.78 is 0. The number of carbonyl (C=O) groups excluding carboxylic acids is 1. The van der Waals surface area contributed by atoms with Gasteiger partial charge in [0.25, 0.3) is 5.09 Å². The van der Waals surface area contributed by atoms with Crippen molar-refractivity contribution in [3.05, 3.63) is 10.1 Å². The minimum Gasteiger partial charge on any atom is -0.394 e. The lowest BCUT2D eigenvalue weighted by Gasteiger charge is -2.10. The number of aliphatic hydroxyl groups is 1. The lowest BCUT2D eigenvalue weighted by atomic mass is 10.4. The molecule has 82 valence electrons. The van der Waals surface area contributed by atoms with Crippen LogP contribution in [0.3, 0.4) is 0 Å². The molecule has 0 fully saturated rings. The van der Waals surface area contributed by atoms with E-state index < -0.39 is 30.4 Å². The standard InChI is InChI=1S/C6H11NO7/c1-2-6(9)14-12-4-5(3-8)13-7(10)11/h5,8H,2-4H2,1H3/t5-/m1/s1. The molecular weight excluding hydrogens is 198 g/mol. The zero-order valence-corrected chi connectivity index (χ0v) is 7.54. The molecule has 1 N–H and O–H groups in total. The van der Waals surface area contributed by atoms with Gasteiger partial charge >= 0.3 is 5.97 Å². The van der Waals surface area contributed by atoms with Crippen LogP contribution in [-0.4, -0.2) is 35.5 Å². The first-order valence-electron chi connectivity index (χ1n) is 3.84. The minimum atomic E-state index is -1.16. The van der Waals surface area contributed by atoms with Crippen LogP contribution in [0.1, 0.15) is 13.3 Å². The molecule has 8 nitrogen and oxygen atoms in total. The number of aliphatic hydroxyl groups excluding tert-OH is 1. The molecule has 0 spiro atoms. The van der Waals surface area contributed by atoms with Gasteiger partial charge in [0.15, 0.2) is 6.10 Å². The fourth-order valence-electron chi connectivity index (χ4n) is 0.473. The molecule has 0 radical (unpaired) electrons. The highest BCUT2D eigenvalue weighted by Gasteiger charge is 2.13. The maximum Gasteiger partial charge on any atom is 0.342 e. The van der Waals surface area contributed by atoms with Gasteiger partial charge in [-0.25, -0.2) is 4.79 Å². The van der Waals surface area contributed by atoms with Crippen LogP contribution < -0.4 is 0 Å². The molecule has 0 aromatic carbocycles. The molecule has 0 amide bonds. The van der Waals surface area contributed by atoms with E-state index in [0.717, 1.165) is 0 Å².